The zero-order chi connectivity index (χ0) is 17.6. The third kappa shape index (κ3) is 4.35. The molecule has 6 heteroatoms. The predicted octanol–water partition coefficient (Wildman–Crippen LogP) is 2.68. The van der Waals surface area contributed by atoms with Crippen molar-refractivity contribution in [1.82, 2.24) is 5.32 Å². The van der Waals surface area contributed by atoms with Gasteiger partial charge in [0, 0.05) is 19.5 Å². The van der Waals surface area contributed by atoms with Crippen molar-refractivity contribution in [3.8, 4) is 0 Å². The Hall–Kier alpha value is -2.89. The molecule has 25 heavy (non-hydrogen) atoms. The van der Waals surface area contributed by atoms with Crippen LogP contribution in [-0.2, 0) is 16.1 Å². The van der Waals surface area contributed by atoms with Gasteiger partial charge in [-0.3, -0.25) is 9.59 Å². The number of rotatable bonds is 6. The first-order valence-electron chi connectivity index (χ1n) is 8.28. The Kier molecular flexibility index (Phi) is 5.28. The van der Waals surface area contributed by atoms with Crippen LogP contribution in [0.15, 0.2) is 48.5 Å². The van der Waals surface area contributed by atoms with Crippen LogP contribution in [0.25, 0.3) is 0 Å². The molecule has 0 radical (unpaired) electrons. The Labute approximate surface area is 145 Å². The van der Waals surface area contributed by atoms with Gasteiger partial charge < -0.3 is 15.5 Å². The molecule has 1 aliphatic rings. The van der Waals surface area contributed by atoms with Crippen LogP contribution in [0.4, 0.5) is 15.8 Å². The summed E-state index contributed by atoms with van der Waals surface area (Å²) in [6, 6.07) is 13.5. The maximum atomic E-state index is 12.9. The fraction of sp³-hybridized carbons (Fsp3) is 0.263. The lowest BCUT2D eigenvalue weighted by Crippen LogP contribution is -2.30. The second kappa shape index (κ2) is 7.79. The van der Waals surface area contributed by atoms with E-state index in [1.165, 1.54) is 12.1 Å². The van der Waals surface area contributed by atoms with Gasteiger partial charge in [0.25, 0.3) is 0 Å². The van der Waals surface area contributed by atoms with Crippen molar-refractivity contribution in [1.29, 1.82) is 0 Å². The zero-order valence-corrected chi connectivity index (χ0v) is 13.8. The van der Waals surface area contributed by atoms with Crippen LogP contribution >= 0.6 is 0 Å². The van der Waals surface area contributed by atoms with Crippen molar-refractivity contribution in [2.24, 2.45) is 0 Å². The van der Waals surface area contributed by atoms with E-state index in [9.17, 15) is 14.0 Å². The number of hydrogen-bond donors (Lipinski definition) is 2. The quantitative estimate of drug-likeness (QED) is 0.849. The van der Waals surface area contributed by atoms with Gasteiger partial charge in [0.05, 0.1) is 17.9 Å². The maximum absolute atomic E-state index is 12.9. The van der Waals surface area contributed by atoms with Gasteiger partial charge in [-0.15, -0.1) is 0 Å². The summed E-state index contributed by atoms with van der Waals surface area (Å²) in [4.78, 5) is 25.7. The van der Waals surface area contributed by atoms with Gasteiger partial charge in [-0.25, -0.2) is 4.39 Å². The van der Waals surface area contributed by atoms with E-state index in [0.29, 0.717) is 19.5 Å². The van der Waals surface area contributed by atoms with Gasteiger partial charge in [-0.05, 0) is 36.2 Å². The molecule has 0 aliphatic carbocycles. The smallest absolute Gasteiger partial charge is 0.239 e. The number of hydrogen-bond acceptors (Lipinski definition) is 3. The van der Waals surface area contributed by atoms with Crippen molar-refractivity contribution in [2.75, 3.05) is 23.3 Å². The summed E-state index contributed by atoms with van der Waals surface area (Å²) in [5.74, 6) is -0.369. The lowest BCUT2D eigenvalue weighted by Gasteiger charge is -2.20. The van der Waals surface area contributed by atoms with Gasteiger partial charge >= 0.3 is 0 Å². The highest BCUT2D eigenvalue weighted by molar-refractivity contribution is 5.98. The predicted molar refractivity (Wildman–Crippen MR) is 94.8 cm³/mol. The van der Waals surface area contributed by atoms with E-state index in [-0.39, 0.29) is 24.2 Å². The zero-order valence-electron chi connectivity index (χ0n) is 13.8. The molecule has 1 heterocycles. The number of para-hydroxylation sites is 2. The second-order valence-electron chi connectivity index (χ2n) is 5.92. The topological polar surface area (TPSA) is 61.4 Å². The van der Waals surface area contributed by atoms with E-state index in [2.05, 4.69) is 10.6 Å². The van der Waals surface area contributed by atoms with E-state index in [0.717, 1.165) is 23.4 Å². The number of anilines is 2. The standard InChI is InChI=1S/C19H20FN3O2/c20-15-9-7-14(8-10-15)12-22-18(24)13-21-16-4-1-2-5-17(16)23-11-3-6-19(23)25/h1-2,4-5,7-10,21H,3,6,11-13H2,(H,22,24). The molecule has 2 N–H and O–H groups in total. The molecular formula is C19H20FN3O2. The molecule has 1 fully saturated rings. The van der Waals surface area contributed by atoms with E-state index < -0.39 is 0 Å². The molecule has 1 aliphatic heterocycles. The highest BCUT2D eigenvalue weighted by Crippen LogP contribution is 2.29. The molecule has 1 saturated heterocycles. The minimum Gasteiger partial charge on any atom is -0.374 e. The number of carbonyl (C=O) groups is 2. The SMILES string of the molecule is O=C(CNc1ccccc1N1CCCC1=O)NCc1ccc(F)cc1. The molecule has 5 nitrogen and oxygen atoms in total. The Bertz CT molecular complexity index is 762. The molecule has 0 aromatic heterocycles. The molecule has 0 spiro atoms. The van der Waals surface area contributed by atoms with Crippen LogP contribution in [0.1, 0.15) is 18.4 Å². The number of carbonyl (C=O) groups excluding carboxylic acids is 2. The maximum Gasteiger partial charge on any atom is 0.239 e. The minimum atomic E-state index is -0.301. The number of nitrogens with one attached hydrogen (secondary N) is 2. The van der Waals surface area contributed by atoms with E-state index in [1.807, 2.05) is 24.3 Å². The molecule has 0 atom stereocenters. The third-order valence-corrected chi connectivity index (χ3v) is 4.11. The van der Waals surface area contributed by atoms with E-state index >= 15 is 0 Å². The van der Waals surface area contributed by atoms with Crippen LogP contribution in [-0.4, -0.2) is 24.9 Å². The lowest BCUT2D eigenvalue weighted by molar-refractivity contribution is -0.119. The van der Waals surface area contributed by atoms with Crippen molar-refractivity contribution >= 4 is 23.2 Å². The largest absolute Gasteiger partial charge is 0.374 e. The van der Waals surface area contributed by atoms with Gasteiger partial charge in [0.2, 0.25) is 11.8 Å². The number of amides is 2. The van der Waals surface area contributed by atoms with Gasteiger partial charge in [0.1, 0.15) is 5.82 Å². The summed E-state index contributed by atoms with van der Waals surface area (Å²) in [5.41, 5.74) is 2.39. The summed E-state index contributed by atoms with van der Waals surface area (Å²) >= 11 is 0. The Morgan fingerprint density at radius 1 is 1.12 bits per heavy atom. The summed E-state index contributed by atoms with van der Waals surface area (Å²) in [5, 5.41) is 5.87. The van der Waals surface area contributed by atoms with E-state index in [4.69, 9.17) is 0 Å². The normalized spacial score (nSPS) is 13.8. The fourth-order valence-corrected chi connectivity index (χ4v) is 2.80. The summed E-state index contributed by atoms with van der Waals surface area (Å²) in [7, 11) is 0. The number of benzene rings is 2. The Morgan fingerprint density at radius 2 is 1.88 bits per heavy atom. The summed E-state index contributed by atoms with van der Waals surface area (Å²) in [6.07, 6.45) is 1.41. The second-order valence-corrected chi connectivity index (χ2v) is 5.92. The number of halogens is 1. The Balaban J connectivity index is 1.55. The van der Waals surface area contributed by atoms with Gasteiger partial charge in [0.15, 0.2) is 0 Å². The van der Waals surface area contributed by atoms with E-state index in [1.54, 1.807) is 17.0 Å². The van der Waals surface area contributed by atoms with Crippen LogP contribution in [0, 0.1) is 5.82 Å². The summed E-state index contributed by atoms with van der Waals surface area (Å²) < 4.78 is 12.9. The first-order valence-corrected chi connectivity index (χ1v) is 8.28. The fourth-order valence-electron chi connectivity index (χ4n) is 2.80. The van der Waals surface area contributed by atoms with Crippen molar-refractivity contribution in [3.05, 3.63) is 59.9 Å². The summed E-state index contributed by atoms with van der Waals surface area (Å²) in [6.45, 7) is 1.14. The molecule has 2 aromatic rings. The first-order chi connectivity index (χ1) is 12.1. The average Bonchev–Trinajstić information content (AvgIpc) is 3.05. The highest BCUT2D eigenvalue weighted by atomic mass is 19.1. The molecule has 3 rings (SSSR count). The average molecular weight is 341 g/mol. The highest BCUT2D eigenvalue weighted by Gasteiger charge is 2.23. The molecule has 2 aromatic carbocycles. The molecule has 130 valence electrons. The Morgan fingerprint density at radius 3 is 2.60 bits per heavy atom. The van der Waals surface area contributed by atoms with Crippen LogP contribution in [0.3, 0.4) is 0 Å². The van der Waals surface area contributed by atoms with Crippen LogP contribution in [0.5, 0.6) is 0 Å². The van der Waals surface area contributed by atoms with Crippen LogP contribution in [0.2, 0.25) is 0 Å². The van der Waals surface area contributed by atoms with Crippen molar-refractivity contribution in [3.63, 3.8) is 0 Å². The molecule has 0 bridgehead atoms. The van der Waals surface area contributed by atoms with Crippen molar-refractivity contribution in [2.45, 2.75) is 19.4 Å². The molecular weight excluding hydrogens is 321 g/mol. The van der Waals surface area contributed by atoms with Crippen LogP contribution < -0.4 is 15.5 Å². The minimum absolute atomic E-state index is 0.0975. The van der Waals surface area contributed by atoms with Crippen molar-refractivity contribution < 1.29 is 14.0 Å². The monoisotopic (exact) mass is 341 g/mol. The van der Waals surface area contributed by atoms with Gasteiger partial charge in [-0.2, -0.15) is 0 Å². The lowest BCUT2D eigenvalue weighted by atomic mass is 10.2. The molecule has 0 saturated carbocycles. The van der Waals surface area contributed by atoms with Gasteiger partial charge in [-0.1, -0.05) is 24.3 Å². The molecule has 0 unspecified atom stereocenters. The number of nitrogens with zero attached hydrogens (tertiary/aromatic N) is 1. The third-order valence-electron chi connectivity index (χ3n) is 4.11. The molecule has 2 amide bonds. The first kappa shape index (κ1) is 17.0.